The van der Waals surface area contributed by atoms with Crippen LogP contribution in [0.5, 0.6) is 0 Å². The van der Waals surface area contributed by atoms with Gasteiger partial charge in [-0.1, -0.05) is 6.07 Å². The molecule has 0 aromatic carbocycles. The molecule has 1 aromatic rings. The molecule has 0 atom stereocenters. The van der Waals surface area contributed by atoms with Gasteiger partial charge in [0.05, 0.1) is 0 Å². The van der Waals surface area contributed by atoms with Gasteiger partial charge >= 0.3 is 12.1 Å². The number of carbonyl (C=O) groups is 1. The molecule has 1 N–H and O–H groups in total. The van der Waals surface area contributed by atoms with Crippen LogP contribution in [0.2, 0.25) is 0 Å². The summed E-state index contributed by atoms with van der Waals surface area (Å²) >= 11 is 0. The van der Waals surface area contributed by atoms with Gasteiger partial charge in [-0.25, -0.2) is 9.78 Å². The molecule has 0 fully saturated rings. The van der Waals surface area contributed by atoms with Crippen molar-refractivity contribution < 1.29 is 19.5 Å². The van der Waals surface area contributed by atoms with Gasteiger partial charge in [0.25, 0.3) is 0 Å². The van der Waals surface area contributed by atoms with Crippen LogP contribution >= 0.6 is 0 Å². The second-order valence-corrected chi connectivity index (χ2v) is 2.11. The van der Waals surface area contributed by atoms with Crippen molar-refractivity contribution in [3.8, 4) is 0 Å². The molecule has 1 aromatic heterocycles. The highest BCUT2D eigenvalue weighted by Crippen LogP contribution is 1.97. The van der Waals surface area contributed by atoms with Crippen molar-refractivity contribution in [1.29, 1.82) is 0 Å². The Labute approximate surface area is 74.0 Å². The van der Waals surface area contributed by atoms with E-state index >= 15 is 0 Å². The monoisotopic (exact) mass is 181 g/mol. The topological polar surface area (TPSA) is 84.3 Å². The number of hydrogen-bond donors (Lipinski definition) is 1. The summed E-state index contributed by atoms with van der Waals surface area (Å²) in [6.07, 6.45) is 1.78. The molecular formula is C8H7NO4. The first-order chi connectivity index (χ1) is 6.11. The Hall–Kier alpha value is -2.00. The molecule has 1 rings (SSSR count). The van der Waals surface area contributed by atoms with E-state index in [1.807, 2.05) is 6.92 Å². The molecule has 0 spiro atoms. The SMILES string of the molecule is Cc1ccc(C(=O)O)nc1.O=C=O. The van der Waals surface area contributed by atoms with Gasteiger partial charge < -0.3 is 5.11 Å². The van der Waals surface area contributed by atoms with E-state index in [1.165, 1.54) is 12.3 Å². The molecule has 0 aliphatic carbocycles. The largest absolute Gasteiger partial charge is 0.477 e. The Morgan fingerprint density at radius 3 is 2.31 bits per heavy atom. The number of nitrogens with zero attached hydrogens (tertiary/aromatic N) is 1. The van der Waals surface area contributed by atoms with E-state index in [0.717, 1.165) is 5.56 Å². The smallest absolute Gasteiger partial charge is 0.373 e. The van der Waals surface area contributed by atoms with Crippen LogP contribution in [0, 0.1) is 6.92 Å². The van der Waals surface area contributed by atoms with Gasteiger partial charge in [-0.15, -0.1) is 0 Å². The zero-order valence-corrected chi connectivity index (χ0v) is 6.85. The summed E-state index contributed by atoms with van der Waals surface area (Å²) in [5, 5.41) is 8.41. The van der Waals surface area contributed by atoms with Crippen LogP contribution in [0.4, 0.5) is 0 Å². The molecule has 0 saturated heterocycles. The molecule has 13 heavy (non-hydrogen) atoms. The fourth-order valence-corrected chi connectivity index (χ4v) is 0.594. The molecule has 0 saturated carbocycles. The average Bonchev–Trinajstić information content (AvgIpc) is 2.06. The molecule has 5 heteroatoms. The number of carboxylic acid groups (broad SMARTS) is 1. The number of aromatic carboxylic acids is 1. The van der Waals surface area contributed by atoms with Crippen LogP contribution in [0.3, 0.4) is 0 Å². The van der Waals surface area contributed by atoms with Gasteiger partial charge in [0.2, 0.25) is 0 Å². The van der Waals surface area contributed by atoms with Crippen molar-refractivity contribution >= 4 is 12.1 Å². The van der Waals surface area contributed by atoms with Crippen molar-refractivity contribution in [2.45, 2.75) is 6.92 Å². The Balaban J connectivity index is 0.000000424. The maximum absolute atomic E-state index is 10.2. The van der Waals surface area contributed by atoms with E-state index in [9.17, 15) is 4.79 Å². The maximum atomic E-state index is 10.2. The molecule has 0 aliphatic heterocycles. The first-order valence-electron chi connectivity index (χ1n) is 3.27. The molecule has 5 nitrogen and oxygen atoms in total. The van der Waals surface area contributed by atoms with Gasteiger partial charge in [0.1, 0.15) is 5.69 Å². The maximum Gasteiger partial charge on any atom is 0.373 e. The second-order valence-electron chi connectivity index (χ2n) is 2.11. The Kier molecular flexibility index (Phi) is 4.76. The Bertz CT molecular complexity index is 311. The summed E-state index contributed by atoms with van der Waals surface area (Å²) in [6.45, 7) is 1.86. The number of aromatic nitrogens is 1. The Morgan fingerprint density at radius 1 is 1.46 bits per heavy atom. The fourth-order valence-electron chi connectivity index (χ4n) is 0.594. The molecular weight excluding hydrogens is 174 g/mol. The predicted molar refractivity (Wildman–Crippen MR) is 40.9 cm³/mol. The zero-order valence-electron chi connectivity index (χ0n) is 6.85. The third-order valence-corrected chi connectivity index (χ3v) is 1.13. The highest BCUT2D eigenvalue weighted by molar-refractivity contribution is 5.85. The number of carboxylic acids is 1. The van der Waals surface area contributed by atoms with Gasteiger partial charge in [-0.05, 0) is 18.6 Å². The third-order valence-electron chi connectivity index (χ3n) is 1.13. The first-order valence-corrected chi connectivity index (χ1v) is 3.27. The first kappa shape index (κ1) is 11.0. The molecule has 0 aliphatic rings. The van der Waals surface area contributed by atoms with Crippen LogP contribution in [0.1, 0.15) is 16.1 Å². The molecule has 0 unspecified atom stereocenters. The van der Waals surface area contributed by atoms with Crippen molar-refractivity contribution in [3.63, 3.8) is 0 Å². The summed E-state index contributed by atoms with van der Waals surface area (Å²) < 4.78 is 0. The lowest BCUT2D eigenvalue weighted by Crippen LogP contribution is -1.98. The van der Waals surface area contributed by atoms with E-state index in [4.69, 9.17) is 14.7 Å². The van der Waals surface area contributed by atoms with Gasteiger partial charge in [-0.3, -0.25) is 0 Å². The Morgan fingerprint density at radius 2 is 2.00 bits per heavy atom. The van der Waals surface area contributed by atoms with Gasteiger partial charge in [0.15, 0.2) is 0 Å². The minimum Gasteiger partial charge on any atom is -0.477 e. The van der Waals surface area contributed by atoms with Crippen LogP contribution in [0.25, 0.3) is 0 Å². The van der Waals surface area contributed by atoms with Crippen molar-refractivity contribution in [2.75, 3.05) is 0 Å². The van der Waals surface area contributed by atoms with Crippen LogP contribution < -0.4 is 0 Å². The van der Waals surface area contributed by atoms with Crippen molar-refractivity contribution in [1.82, 2.24) is 4.98 Å². The molecule has 68 valence electrons. The lowest BCUT2D eigenvalue weighted by Gasteiger charge is -1.91. The quantitative estimate of drug-likeness (QED) is 0.682. The van der Waals surface area contributed by atoms with Crippen LogP contribution in [0.15, 0.2) is 18.3 Å². The molecule has 0 bridgehead atoms. The number of carbonyl (C=O) groups excluding carboxylic acids is 2. The van der Waals surface area contributed by atoms with Crippen LogP contribution in [-0.4, -0.2) is 22.2 Å². The van der Waals surface area contributed by atoms with E-state index in [2.05, 4.69) is 4.98 Å². The van der Waals surface area contributed by atoms with Crippen molar-refractivity contribution in [3.05, 3.63) is 29.6 Å². The van der Waals surface area contributed by atoms with Crippen LogP contribution in [-0.2, 0) is 9.59 Å². The molecule has 0 radical (unpaired) electrons. The number of aryl methyl sites for hydroxylation is 1. The standard InChI is InChI=1S/C7H7NO2.CO2/c1-5-2-3-6(7(9)10)8-4-5;2-1-3/h2-4H,1H3,(H,9,10);. The summed E-state index contributed by atoms with van der Waals surface area (Å²) in [4.78, 5) is 30.2. The summed E-state index contributed by atoms with van der Waals surface area (Å²) in [5.74, 6) is -0.986. The number of rotatable bonds is 1. The highest BCUT2D eigenvalue weighted by atomic mass is 16.4. The summed E-state index contributed by atoms with van der Waals surface area (Å²) in [5.41, 5.74) is 1.05. The molecule has 1 heterocycles. The minimum absolute atomic E-state index is 0.0885. The average molecular weight is 181 g/mol. The van der Waals surface area contributed by atoms with E-state index in [0.29, 0.717) is 0 Å². The number of pyridine rings is 1. The lowest BCUT2D eigenvalue weighted by atomic mass is 10.3. The summed E-state index contributed by atoms with van der Waals surface area (Å²) in [7, 11) is 0. The third kappa shape index (κ3) is 4.44. The van der Waals surface area contributed by atoms with E-state index in [-0.39, 0.29) is 11.8 Å². The number of hydrogen-bond acceptors (Lipinski definition) is 4. The molecule has 0 amide bonds. The van der Waals surface area contributed by atoms with Gasteiger partial charge in [-0.2, -0.15) is 9.59 Å². The lowest BCUT2D eigenvalue weighted by molar-refractivity contribution is -0.191. The zero-order chi connectivity index (χ0) is 10.3. The van der Waals surface area contributed by atoms with E-state index < -0.39 is 5.97 Å². The predicted octanol–water partition coefficient (Wildman–Crippen LogP) is 0.505. The highest BCUT2D eigenvalue weighted by Gasteiger charge is 2.00. The summed E-state index contributed by atoms with van der Waals surface area (Å²) in [6, 6.07) is 3.20. The normalized spacial score (nSPS) is 7.77. The fraction of sp³-hybridized carbons (Fsp3) is 0.125. The van der Waals surface area contributed by atoms with Crippen molar-refractivity contribution in [2.24, 2.45) is 0 Å². The minimum atomic E-state index is -0.986. The van der Waals surface area contributed by atoms with Gasteiger partial charge in [0, 0.05) is 6.20 Å². The van der Waals surface area contributed by atoms with E-state index in [1.54, 1.807) is 6.07 Å². The second kappa shape index (κ2) is 5.62.